The highest BCUT2D eigenvalue weighted by Gasteiger charge is 2.38. The van der Waals surface area contributed by atoms with E-state index < -0.39 is 5.41 Å². The summed E-state index contributed by atoms with van der Waals surface area (Å²) in [5.41, 5.74) is 1.83. The lowest BCUT2D eigenvalue weighted by Crippen LogP contribution is -2.37. The molecule has 23 heavy (non-hydrogen) atoms. The second-order valence-electron chi connectivity index (χ2n) is 6.20. The summed E-state index contributed by atoms with van der Waals surface area (Å²) >= 11 is 6.03. The first-order valence-electron chi connectivity index (χ1n) is 7.67. The van der Waals surface area contributed by atoms with Crippen molar-refractivity contribution < 1.29 is 0 Å². The summed E-state index contributed by atoms with van der Waals surface area (Å²) in [6.45, 7) is 4.07. The molecule has 0 aliphatic rings. The quantitative estimate of drug-likeness (QED) is 0.826. The topological polar surface area (TPSA) is 39.9 Å². The van der Waals surface area contributed by atoms with Gasteiger partial charge in [0.05, 0.1) is 11.8 Å². The highest BCUT2D eigenvalue weighted by molar-refractivity contribution is 6.30. The molecule has 0 aliphatic heterocycles. The van der Waals surface area contributed by atoms with E-state index in [1.165, 1.54) is 0 Å². The first-order valence-corrected chi connectivity index (χ1v) is 8.04. The van der Waals surface area contributed by atoms with Crippen molar-refractivity contribution in [2.75, 3.05) is 14.1 Å². The number of rotatable bonds is 5. The van der Waals surface area contributed by atoms with Crippen LogP contribution in [0, 0.1) is 18.3 Å². The first kappa shape index (κ1) is 17.5. The maximum atomic E-state index is 10.1. The van der Waals surface area contributed by atoms with Gasteiger partial charge in [0.15, 0.2) is 0 Å². The molecule has 0 bridgehead atoms. The minimum absolute atomic E-state index is 0.229. The molecule has 1 aromatic carbocycles. The fourth-order valence-corrected chi connectivity index (χ4v) is 2.80. The Kier molecular flexibility index (Phi) is 5.41. The highest BCUT2D eigenvalue weighted by Crippen LogP contribution is 2.36. The Labute approximate surface area is 143 Å². The zero-order chi connectivity index (χ0) is 17.0. The Morgan fingerprint density at radius 3 is 2.39 bits per heavy atom. The lowest BCUT2D eigenvalue weighted by atomic mass is 9.73. The summed E-state index contributed by atoms with van der Waals surface area (Å²) in [5, 5.41) is 10.8. The van der Waals surface area contributed by atoms with Gasteiger partial charge in [0.1, 0.15) is 5.41 Å². The summed E-state index contributed by atoms with van der Waals surface area (Å²) in [4.78, 5) is 6.78. The molecule has 0 radical (unpaired) electrons. The highest BCUT2D eigenvalue weighted by atomic mass is 35.5. The zero-order valence-electron chi connectivity index (χ0n) is 14.0. The lowest BCUT2D eigenvalue weighted by molar-refractivity contribution is 0.273. The van der Waals surface area contributed by atoms with Gasteiger partial charge in [-0.2, -0.15) is 5.26 Å². The van der Waals surface area contributed by atoms with Crippen molar-refractivity contribution in [2.24, 2.45) is 0 Å². The smallest absolute Gasteiger partial charge is 0.126 e. The molecule has 120 valence electrons. The van der Waals surface area contributed by atoms with E-state index >= 15 is 0 Å². The largest absolute Gasteiger partial charge is 0.307 e. The third-order valence-corrected chi connectivity index (χ3v) is 4.59. The molecule has 2 aromatic rings. The number of nitriles is 1. The summed E-state index contributed by atoms with van der Waals surface area (Å²) < 4.78 is 0. The van der Waals surface area contributed by atoms with Crippen molar-refractivity contribution in [1.29, 1.82) is 5.26 Å². The molecule has 0 spiro atoms. The predicted molar refractivity (Wildman–Crippen MR) is 94.6 cm³/mol. The maximum absolute atomic E-state index is 10.1. The van der Waals surface area contributed by atoms with Gasteiger partial charge in [-0.1, -0.05) is 29.8 Å². The number of nitrogens with zero attached hydrogens (tertiary/aromatic N) is 3. The van der Waals surface area contributed by atoms with Crippen LogP contribution in [0.2, 0.25) is 5.02 Å². The van der Waals surface area contributed by atoms with Crippen molar-refractivity contribution in [3.63, 3.8) is 0 Å². The van der Waals surface area contributed by atoms with Crippen LogP contribution in [0.1, 0.15) is 30.3 Å². The molecule has 3 nitrogen and oxygen atoms in total. The fourth-order valence-electron chi connectivity index (χ4n) is 2.68. The van der Waals surface area contributed by atoms with Crippen LogP contribution in [0.4, 0.5) is 0 Å². The molecule has 2 unspecified atom stereocenters. The maximum Gasteiger partial charge on any atom is 0.126 e. The molecule has 0 N–H and O–H groups in total. The fraction of sp³-hybridized carbons (Fsp3) is 0.368. The van der Waals surface area contributed by atoms with Crippen molar-refractivity contribution in [1.82, 2.24) is 9.88 Å². The van der Waals surface area contributed by atoms with Gasteiger partial charge in [0.25, 0.3) is 0 Å². The van der Waals surface area contributed by atoms with E-state index in [4.69, 9.17) is 11.6 Å². The molecule has 0 aliphatic carbocycles. The average molecular weight is 328 g/mol. The van der Waals surface area contributed by atoms with Crippen LogP contribution < -0.4 is 0 Å². The third-order valence-electron chi connectivity index (χ3n) is 4.34. The van der Waals surface area contributed by atoms with E-state index in [0.717, 1.165) is 17.0 Å². The SMILES string of the molecule is Cc1cccc(C(C#N)(CC(C)N(C)C)c2ccc(Cl)cc2)n1. The summed E-state index contributed by atoms with van der Waals surface area (Å²) in [6.07, 6.45) is 0.661. The monoisotopic (exact) mass is 327 g/mol. The molecule has 0 amide bonds. The van der Waals surface area contributed by atoms with Crippen molar-refractivity contribution in [3.05, 3.63) is 64.4 Å². The molecular weight excluding hydrogens is 306 g/mol. The van der Waals surface area contributed by atoms with Gasteiger partial charge in [-0.15, -0.1) is 0 Å². The molecule has 2 atom stereocenters. The molecule has 4 heteroatoms. The molecule has 0 saturated carbocycles. The number of aryl methyl sites for hydroxylation is 1. The Hall–Kier alpha value is -1.89. The molecule has 2 rings (SSSR count). The van der Waals surface area contributed by atoms with Crippen LogP contribution in [0.3, 0.4) is 0 Å². The minimum atomic E-state index is -0.791. The van der Waals surface area contributed by atoms with Gasteiger partial charge in [-0.25, -0.2) is 0 Å². The van der Waals surface area contributed by atoms with Crippen LogP contribution >= 0.6 is 11.6 Å². The van der Waals surface area contributed by atoms with Gasteiger partial charge >= 0.3 is 0 Å². The van der Waals surface area contributed by atoms with E-state index in [9.17, 15) is 5.26 Å². The molecule has 1 aromatic heterocycles. The van der Waals surface area contributed by atoms with E-state index in [0.29, 0.717) is 11.4 Å². The van der Waals surface area contributed by atoms with E-state index in [1.807, 2.05) is 63.5 Å². The number of pyridine rings is 1. The Morgan fingerprint density at radius 2 is 1.87 bits per heavy atom. The van der Waals surface area contributed by atoms with E-state index in [2.05, 4.69) is 22.9 Å². The van der Waals surface area contributed by atoms with E-state index in [-0.39, 0.29) is 6.04 Å². The molecule has 0 saturated heterocycles. The first-order chi connectivity index (χ1) is 10.9. The van der Waals surface area contributed by atoms with Crippen molar-refractivity contribution in [2.45, 2.75) is 31.7 Å². The van der Waals surface area contributed by atoms with Gasteiger partial charge in [0, 0.05) is 16.8 Å². The van der Waals surface area contributed by atoms with E-state index in [1.54, 1.807) is 0 Å². The second-order valence-corrected chi connectivity index (χ2v) is 6.64. The Morgan fingerprint density at radius 1 is 1.22 bits per heavy atom. The summed E-state index contributed by atoms with van der Waals surface area (Å²) in [5.74, 6) is 0. The number of hydrogen-bond acceptors (Lipinski definition) is 3. The second kappa shape index (κ2) is 7.12. The summed E-state index contributed by atoms with van der Waals surface area (Å²) in [6, 6.07) is 16.1. The normalized spacial score (nSPS) is 15.0. The van der Waals surface area contributed by atoms with Gasteiger partial charge in [-0.05, 0) is 64.2 Å². The Bertz CT molecular complexity index is 703. The van der Waals surface area contributed by atoms with Crippen LogP contribution in [0.15, 0.2) is 42.5 Å². The van der Waals surface area contributed by atoms with Crippen LogP contribution in [0.25, 0.3) is 0 Å². The van der Waals surface area contributed by atoms with Crippen LogP contribution in [0.5, 0.6) is 0 Å². The van der Waals surface area contributed by atoms with Gasteiger partial charge in [-0.3, -0.25) is 4.98 Å². The molecular formula is C19H22ClN3. The van der Waals surface area contributed by atoms with Crippen molar-refractivity contribution in [3.8, 4) is 6.07 Å². The van der Waals surface area contributed by atoms with Crippen molar-refractivity contribution >= 4 is 11.6 Å². The summed E-state index contributed by atoms with van der Waals surface area (Å²) in [7, 11) is 4.05. The van der Waals surface area contributed by atoms with Gasteiger partial charge < -0.3 is 4.90 Å². The average Bonchev–Trinajstić information content (AvgIpc) is 2.53. The zero-order valence-corrected chi connectivity index (χ0v) is 14.8. The number of benzene rings is 1. The number of aromatic nitrogens is 1. The number of halogens is 1. The van der Waals surface area contributed by atoms with Crippen LogP contribution in [-0.2, 0) is 5.41 Å². The molecule has 0 fully saturated rings. The molecule has 1 heterocycles. The Balaban J connectivity index is 2.61. The lowest BCUT2D eigenvalue weighted by Gasteiger charge is -2.32. The standard InChI is InChI=1S/C19H22ClN3/c1-14-6-5-7-18(22-14)19(13-21,12-15(2)23(3)4)16-8-10-17(20)11-9-16/h5-11,15H,12H2,1-4H3. The van der Waals surface area contributed by atoms with Gasteiger partial charge in [0.2, 0.25) is 0 Å². The minimum Gasteiger partial charge on any atom is -0.307 e. The predicted octanol–water partition coefficient (Wildman–Crippen LogP) is 4.19. The number of hydrogen-bond donors (Lipinski definition) is 0. The van der Waals surface area contributed by atoms with Crippen LogP contribution in [-0.4, -0.2) is 30.0 Å². The third kappa shape index (κ3) is 3.72.